The van der Waals surface area contributed by atoms with E-state index in [1.165, 1.54) is 12.3 Å². The average Bonchev–Trinajstić information content (AvgIpc) is 2.93. The minimum atomic E-state index is -0.480. The topological polar surface area (TPSA) is 54.5 Å². The first-order chi connectivity index (χ1) is 10.8. The van der Waals surface area contributed by atoms with Gasteiger partial charge in [0.05, 0.1) is 11.9 Å². The molecular formula is C17H26FN3O2. The third-order valence-electron chi connectivity index (χ3n) is 3.79. The summed E-state index contributed by atoms with van der Waals surface area (Å²) in [5.41, 5.74) is 0.344. The van der Waals surface area contributed by atoms with Crippen molar-refractivity contribution in [2.45, 2.75) is 58.2 Å². The van der Waals surface area contributed by atoms with Crippen LogP contribution in [0.15, 0.2) is 18.3 Å². The van der Waals surface area contributed by atoms with Gasteiger partial charge in [-0.3, -0.25) is 4.98 Å². The first-order valence-corrected chi connectivity index (χ1v) is 8.14. The number of likely N-dealkylation sites (tertiary alicyclic amines) is 1. The van der Waals surface area contributed by atoms with Crippen molar-refractivity contribution in [3.05, 3.63) is 29.8 Å². The van der Waals surface area contributed by atoms with E-state index in [4.69, 9.17) is 4.74 Å². The van der Waals surface area contributed by atoms with Crippen molar-refractivity contribution < 1.29 is 13.9 Å². The van der Waals surface area contributed by atoms with Gasteiger partial charge in [-0.15, -0.1) is 0 Å². The number of aromatic nitrogens is 1. The number of hydrogen-bond acceptors (Lipinski definition) is 4. The summed E-state index contributed by atoms with van der Waals surface area (Å²) < 4.78 is 18.4. The van der Waals surface area contributed by atoms with Crippen LogP contribution in [0.3, 0.4) is 0 Å². The molecule has 5 nitrogen and oxygen atoms in total. The number of hydrogen-bond donors (Lipinski definition) is 1. The van der Waals surface area contributed by atoms with Crippen molar-refractivity contribution in [2.75, 3.05) is 13.1 Å². The Morgan fingerprint density at radius 3 is 2.83 bits per heavy atom. The zero-order chi connectivity index (χ0) is 17.0. The Kier molecular flexibility index (Phi) is 5.57. The van der Waals surface area contributed by atoms with Gasteiger partial charge < -0.3 is 15.0 Å². The standard InChI is InChI=1S/C17H26FN3O2/c1-5-14(15-7-6-12(18)10-19-15)20-13-8-9-21(11-13)16(22)23-17(2,3)4/h6-7,10,13-14,20H,5,8-9,11H2,1-4H3/t13-,14+/m1/s1. The molecule has 1 fully saturated rings. The van der Waals surface area contributed by atoms with Crippen molar-refractivity contribution in [3.63, 3.8) is 0 Å². The zero-order valence-corrected chi connectivity index (χ0v) is 14.3. The Hall–Kier alpha value is -1.69. The molecule has 0 aromatic carbocycles. The lowest BCUT2D eigenvalue weighted by Crippen LogP contribution is -2.39. The summed E-state index contributed by atoms with van der Waals surface area (Å²) in [5.74, 6) is -0.333. The fourth-order valence-electron chi connectivity index (χ4n) is 2.68. The Balaban J connectivity index is 1.91. The van der Waals surface area contributed by atoms with E-state index in [1.807, 2.05) is 20.8 Å². The average molecular weight is 323 g/mol. The van der Waals surface area contributed by atoms with Gasteiger partial charge in [0.15, 0.2) is 0 Å². The lowest BCUT2D eigenvalue weighted by Gasteiger charge is -2.25. The zero-order valence-electron chi connectivity index (χ0n) is 14.3. The van der Waals surface area contributed by atoms with E-state index >= 15 is 0 Å². The molecule has 128 valence electrons. The molecule has 2 atom stereocenters. The van der Waals surface area contributed by atoms with Gasteiger partial charge in [0.1, 0.15) is 11.4 Å². The van der Waals surface area contributed by atoms with Crippen LogP contribution in [0.2, 0.25) is 0 Å². The maximum absolute atomic E-state index is 13.0. The predicted molar refractivity (Wildman–Crippen MR) is 86.6 cm³/mol. The number of carbonyl (C=O) groups excluding carboxylic acids is 1. The van der Waals surface area contributed by atoms with E-state index < -0.39 is 5.60 Å². The van der Waals surface area contributed by atoms with Crippen LogP contribution in [0, 0.1) is 5.82 Å². The lowest BCUT2D eigenvalue weighted by molar-refractivity contribution is 0.0290. The van der Waals surface area contributed by atoms with Crippen LogP contribution in [0.5, 0.6) is 0 Å². The van der Waals surface area contributed by atoms with Crippen LogP contribution >= 0.6 is 0 Å². The van der Waals surface area contributed by atoms with E-state index in [1.54, 1.807) is 11.0 Å². The van der Waals surface area contributed by atoms with Crippen molar-refractivity contribution in [1.29, 1.82) is 0 Å². The molecule has 1 N–H and O–H groups in total. The highest BCUT2D eigenvalue weighted by Crippen LogP contribution is 2.20. The highest BCUT2D eigenvalue weighted by molar-refractivity contribution is 5.68. The summed E-state index contributed by atoms with van der Waals surface area (Å²) in [6, 6.07) is 3.38. The summed E-state index contributed by atoms with van der Waals surface area (Å²) in [4.78, 5) is 18.0. The van der Waals surface area contributed by atoms with Crippen LogP contribution in [0.4, 0.5) is 9.18 Å². The summed E-state index contributed by atoms with van der Waals surface area (Å²) in [7, 11) is 0. The monoisotopic (exact) mass is 323 g/mol. The fourth-order valence-corrected chi connectivity index (χ4v) is 2.68. The second-order valence-electron chi connectivity index (χ2n) is 6.94. The molecule has 1 aromatic heterocycles. The van der Waals surface area contributed by atoms with Gasteiger partial charge in [0.25, 0.3) is 0 Å². The van der Waals surface area contributed by atoms with Crippen LogP contribution in [-0.2, 0) is 4.74 Å². The largest absolute Gasteiger partial charge is 0.444 e. The minimum absolute atomic E-state index is 0.0548. The van der Waals surface area contributed by atoms with E-state index in [9.17, 15) is 9.18 Å². The molecule has 0 spiro atoms. The maximum atomic E-state index is 13.0. The minimum Gasteiger partial charge on any atom is -0.444 e. The first kappa shape index (κ1) is 17.7. The highest BCUT2D eigenvalue weighted by Gasteiger charge is 2.30. The normalized spacial score (nSPS) is 19.7. The quantitative estimate of drug-likeness (QED) is 0.924. The van der Waals surface area contributed by atoms with Gasteiger partial charge in [-0.2, -0.15) is 0 Å². The number of amides is 1. The van der Waals surface area contributed by atoms with Gasteiger partial charge in [0, 0.05) is 25.2 Å². The lowest BCUT2D eigenvalue weighted by atomic mass is 10.1. The summed E-state index contributed by atoms with van der Waals surface area (Å²) in [5, 5.41) is 3.51. The molecule has 2 rings (SSSR count). The SMILES string of the molecule is CC[C@H](N[C@@H]1CCN(C(=O)OC(C)(C)C)C1)c1ccc(F)cn1. The van der Waals surface area contributed by atoms with Crippen molar-refractivity contribution in [1.82, 2.24) is 15.2 Å². The molecule has 1 saturated heterocycles. The molecule has 0 bridgehead atoms. The maximum Gasteiger partial charge on any atom is 0.410 e. The molecule has 23 heavy (non-hydrogen) atoms. The van der Waals surface area contributed by atoms with Gasteiger partial charge in [0.2, 0.25) is 0 Å². The Labute approximate surface area is 137 Å². The van der Waals surface area contributed by atoms with E-state index in [0.717, 1.165) is 18.5 Å². The molecule has 6 heteroatoms. The predicted octanol–water partition coefficient (Wildman–Crippen LogP) is 3.27. The third kappa shape index (κ3) is 5.16. The summed E-state index contributed by atoms with van der Waals surface area (Å²) >= 11 is 0. The van der Waals surface area contributed by atoms with Gasteiger partial charge >= 0.3 is 6.09 Å². The fraction of sp³-hybridized carbons (Fsp3) is 0.647. The number of halogens is 1. The molecule has 1 aliphatic rings. The van der Waals surface area contributed by atoms with Crippen molar-refractivity contribution >= 4 is 6.09 Å². The van der Waals surface area contributed by atoms with Gasteiger partial charge in [-0.1, -0.05) is 6.92 Å². The van der Waals surface area contributed by atoms with Crippen LogP contribution in [0.1, 0.15) is 52.3 Å². The number of pyridine rings is 1. The molecule has 2 heterocycles. The van der Waals surface area contributed by atoms with Crippen LogP contribution < -0.4 is 5.32 Å². The Bertz CT molecular complexity index is 528. The van der Waals surface area contributed by atoms with Gasteiger partial charge in [-0.25, -0.2) is 9.18 Å². The van der Waals surface area contributed by atoms with Crippen LogP contribution in [0.25, 0.3) is 0 Å². The van der Waals surface area contributed by atoms with E-state index in [2.05, 4.69) is 17.2 Å². The highest BCUT2D eigenvalue weighted by atomic mass is 19.1. The number of carbonyl (C=O) groups is 1. The smallest absolute Gasteiger partial charge is 0.410 e. The molecule has 1 amide bonds. The third-order valence-corrected chi connectivity index (χ3v) is 3.79. The molecule has 0 unspecified atom stereocenters. The number of nitrogens with one attached hydrogen (secondary N) is 1. The summed E-state index contributed by atoms with van der Waals surface area (Å²) in [6.45, 7) is 8.95. The Morgan fingerprint density at radius 2 is 2.26 bits per heavy atom. The first-order valence-electron chi connectivity index (χ1n) is 8.14. The molecule has 1 aromatic rings. The molecule has 1 aliphatic heterocycles. The van der Waals surface area contributed by atoms with Crippen molar-refractivity contribution in [3.8, 4) is 0 Å². The summed E-state index contributed by atoms with van der Waals surface area (Å²) in [6.07, 6.45) is 2.69. The molecular weight excluding hydrogens is 297 g/mol. The van der Waals surface area contributed by atoms with Crippen LogP contribution in [-0.4, -0.2) is 40.7 Å². The van der Waals surface area contributed by atoms with E-state index in [0.29, 0.717) is 13.1 Å². The second-order valence-corrected chi connectivity index (χ2v) is 6.94. The number of nitrogens with zero attached hydrogens (tertiary/aromatic N) is 2. The molecule has 0 radical (unpaired) electrons. The molecule has 0 saturated carbocycles. The number of ether oxygens (including phenoxy) is 1. The van der Waals surface area contributed by atoms with E-state index in [-0.39, 0.29) is 24.0 Å². The molecule has 0 aliphatic carbocycles. The Morgan fingerprint density at radius 1 is 1.52 bits per heavy atom. The number of rotatable bonds is 4. The van der Waals surface area contributed by atoms with Crippen molar-refractivity contribution in [2.24, 2.45) is 0 Å². The second kappa shape index (κ2) is 7.25. The van der Waals surface area contributed by atoms with Gasteiger partial charge in [-0.05, 0) is 45.7 Å².